The van der Waals surface area contributed by atoms with Crippen LogP contribution in [0.15, 0.2) is 18.2 Å². The number of fused-ring (bicyclic) bond motifs is 1. The number of benzene rings is 1. The van der Waals surface area contributed by atoms with Crippen LogP contribution in [0.5, 0.6) is 0 Å². The smallest absolute Gasteiger partial charge is 0.267 e. The van der Waals surface area contributed by atoms with E-state index in [4.69, 9.17) is 0 Å². The molecule has 6 nitrogen and oxygen atoms in total. The number of nitrogens with one attached hydrogen (secondary N) is 2. The van der Waals surface area contributed by atoms with Crippen molar-refractivity contribution in [1.82, 2.24) is 20.1 Å². The molecule has 1 aromatic carbocycles. The summed E-state index contributed by atoms with van der Waals surface area (Å²) >= 11 is 0. The number of amides is 2. The summed E-state index contributed by atoms with van der Waals surface area (Å²) in [5.41, 5.74) is 2.18. The molecule has 2 aliphatic carbocycles. The van der Waals surface area contributed by atoms with Crippen molar-refractivity contribution in [2.75, 3.05) is 19.6 Å². The largest absolute Gasteiger partial charge is 0.350 e. The van der Waals surface area contributed by atoms with Crippen LogP contribution >= 0.6 is 0 Å². The molecule has 5 rings (SSSR count). The molecule has 0 unspecified atom stereocenters. The lowest BCUT2D eigenvalue weighted by molar-refractivity contribution is -0.133. The van der Waals surface area contributed by atoms with Crippen molar-refractivity contribution in [2.45, 2.75) is 70.0 Å². The minimum absolute atomic E-state index is 0.116. The number of H-pyrrole nitrogens is 1. The fourth-order valence-corrected chi connectivity index (χ4v) is 5.71. The summed E-state index contributed by atoms with van der Waals surface area (Å²) in [6.07, 6.45) is 6.44. The summed E-state index contributed by atoms with van der Waals surface area (Å²) < 4.78 is 14.1. The summed E-state index contributed by atoms with van der Waals surface area (Å²) in [4.78, 5) is 32.5. The SMILES string of the molecule is CC(=O)N1CCN([C@@H]2CCC[C@@H](NC(=O)c3cc4c(F)ccc(C)c4[nH]3)C2)C2(CC2)C1. The molecule has 1 aliphatic heterocycles. The van der Waals surface area contributed by atoms with E-state index in [9.17, 15) is 14.0 Å². The number of nitrogens with zero attached hydrogens (tertiary/aromatic N) is 2. The second-order valence-corrected chi connectivity index (χ2v) is 9.69. The third-order valence-electron chi connectivity index (χ3n) is 7.59. The van der Waals surface area contributed by atoms with E-state index in [-0.39, 0.29) is 29.2 Å². The Morgan fingerprint density at radius 3 is 2.74 bits per heavy atom. The number of halogens is 1. The maximum atomic E-state index is 14.1. The summed E-state index contributed by atoms with van der Waals surface area (Å²) in [5, 5.41) is 3.66. The fourth-order valence-electron chi connectivity index (χ4n) is 5.71. The van der Waals surface area contributed by atoms with E-state index in [1.807, 2.05) is 11.8 Å². The van der Waals surface area contributed by atoms with Gasteiger partial charge in [-0.3, -0.25) is 14.5 Å². The minimum Gasteiger partial charge on any atom is -0.350 e. The third-order valence-corrected chi connectivity index (χ3v) is 7.59. The maximum Gasteiger partial charge on any atom is 0.267 e. The van der Waals surface area contributed by atoms with Crippen LogP contribution in [0, 0.1) is 12.7 Å². The molecule has 0 radical (unpaired) electrons. The first kappa shape index (κ1) is 20.5. The average molecular weight is 427 g/mol. The van der Waals surface area contributed by atoms with Crippen molar-refractivity contribution >= 4 is 22.7 Å². The molecule has 2 amide bonds. The Bertz CT molecular complexity index is 989. The molecule has 3 fully saturated rings. The van der Waals surface area contributed by atoms with Gasteiger partial charge in [0.25, 0.3) is 5.91 Å². The Morgan fingerprint density at radius 1 is 1.23 bits per heavy atom. The quantitative estimate of drug-likeness (QED) is 0.791. The van der Waals surface area contributed by atoms with Gasteiger partial charge in [-0.15, -0.1) is 0 Å². The van der Waals surface area contributed by atoms with E-state index in [1.54, 1.807) is 19.1 Å². The van der Waals surface area contributed by atoms with Crippen LogP contribution in [0.1, 0.15) is 61.5 Å². The van der Waals surface area contributed by atoms with E-state index in [1.165, 1.54) is 6.07 Å². The summed E-state index contributed by atoms with van der Waals surface area (Å²) in [7, 11) is 0. The van der Waals surface area contributed by atoms with Gasteiger partial charge in [0.1, 0.15) is 11.5 Å². The molecular formula is C24H31FN4O2. The monoisotopic (exact) mass is 426 g/mol. The summed E-state index contributed by atoms with van der Waals surface area (Å²) in [6.45, 7) is 6.13. The Morgan fingerprint density at radius 2 is 2.03 bits per heavy atom. The van der Waals surface area contributed by atoms with Gasteiger partial charge in [0, 0.05) is 49.6 Å². The lowest BCUT2D eigenvalue weighted by Crippen LogP contribution is -2.60. The standard InChI is InChI=1S/C24H31FN4O2/c1-15-6-7-20(25)19-13-21(27-22(15)19)23(31)26-17-4-3-5-18(12-17)29-11-10-28(16(2)30)14-24(29)8-9-24/h6-7,13,17-18,27H,3-5,8-12,14H2,1-2H3,(H,26,31)/t17-,18-/m1/s1. The van der Waals surface area contributed by atoms with Gasteiger partial charge in [-0.05, 0) is 63.1 Å². The van der Waals surface area contributed by atoms with Gasteiger partial charge in [-0.2, -0.15) is 0 Å². The van der Waals surface area contributed by atoms with E-state index in [0.717, 1.165) is 63.7 Å². The first-order valence-corrected chi connectivity index (χ1v) is 11.5. The molecule has 2 aromatic rings. The highest BCUT2D eigenvalue weighted by Crippen LogP contribution is 2.47. The van der Waals surface area contributed by atoms with Gasteiger partial charge in [0.05, 0.1) is 5.52 Å². The zero-order chi connectivity index (χ0) is 21.8. The molecule has 1 spiro atoms. The number of carbonyl (C=O) groups excluding carboxylic acids is 2. The second-order valence-electron chi connectivity index (χ2n) is 9.69. The van der Waals surface area contributed by atoms with Crippen molar-refractivity contribution in [3.05, 3.63) is 35.3 Å². The van der Waals surface area contributed by atoms with E-state index in [0.29, 0.717) is 22.6 Å². The van der Waals surface area contributed by atoms with Crippen molar-refractivity contribution in [1.29, 1.82) is 0 Å². The first-order valence-electron chi connectivity index (χ1n) is 11.5. The number of carbonyl (C=O) groups is 2. The molecule has 2 heterocycles. The van der Waals surface area contributed by atoms with Crippen LogP contribution in [-0.2, 0) is 4.79 Å². The zero-order valence-electron chi connectivity index (χ0n) is 18.3. The molecule has 1 aromatic heterocycles. The highest BCUT2D eigenvalue weighted by molar-refractivity contribution is 5.99. The Kier molecular flexibility index (Phi) is 5.04. The second kappa shape index (κ2) is 7.62. The summed E-state index contributed by atoms with van der Waals surface area (Å²) in [6, 6.07) is 5.34. The number of aryl methyl sites for hydroxylation is 1. The van der Waals surface area contributed by atoms with E-state index < -0.39 is 0 Å². The molecule has 2 atom stereocenters. The first-order chi connectivity index (χ1) is 14.9. The molecule has 7 heteroatoms. The molecular weight excluding hydrogens is 395 g/mol. The van der Waals surface area contributed by atoms with Gasteiger partial charge >= 0.3 is 0 Å². The number of aromatic nitrogens is 1. The van der Waals surface area contributed by atoms with Crippen molar-refractivity contribution in [3.63, 3.8) is 0 Å². The van der Waals surface area contributed by atoms with Crippen molar-refractivity contribution < 1.29 is 14.0 Å². The van der Waals surface area contributed by atoms with Crippen LogP contribution in [0.3, 0.4) is 0 Å². The molecule has 31 heavy (non-hydrogen) atoms. The third kappa shape index (κ3) is 3.73. The number of hydrogen-bond donors (Lipinski definition) is 2. The van der Waals surface area contributed by atoms with Crippen molar-refractivity contribution in [2.24, 2.45) is 0 Å². The Balaban J connectivity index is 1.26. The lowest BCUT2D eigenvalue weighted by atomic mass is 9.88. The normalized spacial score (nSPS) is 25.7. The van der Waals surface area contributed by atoms with E-state index >= 15 is 0 Å². The summed E-state index contributed by atoms with van der Waals surface area (Å²) in [5.74, 6) is -0.305. The van der Waals surface area contributed by atoms with Crippen molar-refractivity contribution in [3.8, 4) is 0 Å². The molecule has 0 bridgehead atoms. The topological polar surface area (TPSA) is 68.4 Å². The van der Waals surface area contributed by atoms with Gasteiger partial charge < -0.3 is 15.2 Å². The molecule has 3 aliphatic rings. The Labute approximate surface area is 182 Å². The van der Waals surface area contributed by atoms with E-state index in [2.05, 4.69) is 15.2 Å². The molecule has 2 saturated carbocycles. The molecule has 166 valence electrons. The van der Waals surface area contributed by atoms with Crippen LogP contribution in [-0.4, -0.2) is 63.9 Å². The number of hydrogen-bond acceptors (Lipinski definition) is 3. The lowest BCUT2D eigenvalue weighted by Gasteiger charge is -2.48. The van der Waals surface area contributed by atoms with Gasteiger partial charge in [0.15, 0.2) is 0 Å². The van der Waals surface area contributed by atoms with Crippen LogP contribution in [0.2, 0.25) is 0 Å². The number of aromatic amines is 1. The minimum atomic E-state index is -0.312. The molecule has 1 saturated heterocycles. The molecule has 2 N–H and O–H groups in total. The highest BCUT2D eigenvalue weighted by atomic mass is 19.1. The maximum absolute atomic E-state index is 14.1. The Hall–Kier alpha value is -2.41. The predicted octanol–water partition coefficient (Wildman–Crippen LogP) is 3.35. The van der Waals surface area contributed by atoms with Crippen LogP contribution < -0.4 is 5.32 Å². The average Bonchev–Trinajstić information content (AvgIpc) is 3.34. The van der Waals surface area contributed by atoms with Crippen LogP contribution in [0.25, 0.3) is 10.9 Å². The predicted molar refractivity (Wildman–Crippen MR) is 117 cm³/mol. The van der Waals surface area contributed by atoms with Gasteiger partial charge in [-0.1, -0.05) is 6.07 Å². The fraction of sp³-hybridized carbons (Fsp3) is 0.583. The highest BCUT2D eigenvalue weighted by Gasteiger charge is 2.53. The van der Waals surface area contributed by atoms with Gasteiger partial charge in [0.2, 0.25) is 5.91 Å². The number of rotatable bonds is 3. The zero-order valence-corrected chi connectivity index (χ0v) is 18.3. The number of piperazine rings is 1. The van der Waals surface area contributed by atoms with Gasteiger partial charge in [-0.25, -0.2) is 4.39 Å². The van der Waals surface area contributed by atoms with Crippen LogP contribution in [0.4, 0.5) is 4.39 Å².